The van der Waals surface area contributed by atoms with Crippen LogP contribution in [0.2, 0.25) is 0 Å². The van der Waals surface area contributed by atoms with Gasteiger partial charge in [0.2, 0.25) is 0 Å². The Bertz CT molecular complexity index is 948. The lowest BCUT2D eigenvalue weighted by atomic mass is 10.0. The van der Waals surface area contributed by atoms with E-state index in [0.29, 0.717) is 0 Å². The molecule has 3 rings (SSSR count). The first-order chi connectivity index (χ1) is 13.0. The summed E-state index contributed by atoms with van der Waals surface area (Å²) in [5.41, 5.74) is 2.75. The lowest BCUT2D eigenvalue weighted by Gasteiger charge is -2.27. The molecule has 1 heterocycles. The fourth-order valence-corrected chi connectivity index (χ4v) is 3.00. The highest BCUT2D eigenvalue weighted by Crippen LogP contribution is 2.24. The molecule has 6 heteroatoms. The molecular weight excluding hydrogens is 360 g/mol. The van der Waals surface area contributed by atoms with Gasteiger partial charge >= 0.3 is 0 Å². The monoisotopic (exact) mass is 378 g/mol. The smallest absolute Gasteiger partial charge is 0.265 e. The van der Waals surface area contributed by atoms with E-state index in [0.717, 1.165) is 22.4 Å². The number of carbonyl (C=O) groups is 2. The van der Waals surface area contributed by atoms with Crippen molar-refractivity contribution >= 4 is 35.2 Å². The lowest BCUT2D eigenvalue weighted by molar-refractivity contribution is -0.128. The van der Waals surface area contributed by atoms with Crippen LogP contribution in [0.15, 0.2) is 66.8 Å². The third kappa shape index (κ3) is 3.96. The van der Waals surface area contributed by atoms with Gasteiger partial charge in [-0.2, -0.15) is 0 Å². The molecule has 0 bridgehead atoms. The van der Waals surface area contributed by atoms with Crippen LogP contribution < -0.4 is 10.1 Å². The van der Waals surface area contributed by atoms with Crippen LogP contribution in [0.4, 0.5) is 0 Å². The van der Waals surface area contributed by atoms with E-state index >= 15 is 0 Å². The van der Waals surface area contributed by atoms with Crippen molar-refractivity contribution in [2.24, 2.45) is 0 Å². The van der Waals surface area contributed by atoms with Crippen LogP contribution in [0, 0.1) is 0 Å². The minimum absolute atomic E-state index is 0.0392. The highest BCUT2D eigenvalue weighted by Gasteiger charge is 2.32. The largest absolute Gasteiger partial charge is 0.497 e. The number of thiocarbonyl (C=S) groups is 1. The molecule has 0 spiro atoms. The minimum Gasteiger partial charge on any atom is -0.497 e. The number of hydrogen-bond donors (Lipinski definition) is 1. The molecule has 27 heavy (non-hydrogen) atoms. The molecule has 1 aliphatic heterocycles. The van der Waals surface area contributed by atoms with Gasteiger partial charge in [0.1, 0.15) is 11.3 Å². The second-order valence-electron chi connectivity index (χ2n) is 5.88. The Balaban J connectivity index is 1.94. The van der Waals surface area contributed by atoms with E-state index < -0.39 is 11.8 Å². The molecule has 0 unspecified atom stereocenters. The van der Waals surface area contributed by atoms with Gasteiger partial charge in [0.15, 0.2) is 5.11 Å². The molecule has 2 aromatic carbocycles. The molecule has 2 aromatic rings. The second kappa shape index (κ2) is 7.97. The van der Waals surface area contributed by atoms with Crippen molar-refractivity contribution < 1.29 is 14.3 Å². The van der Waals surface area contributed by atoms with E-state index in [1.54, 1.807) is 19.3 Å². The zero-order valence-corrected chi connectivity index (χ0v) is 15.6. The zero-order chi connectivity index (χ0) is 19.4. The maximum absolute atomic E-state index is 12.6. The van der Waals surface area contributed by atoms with Crippen LogP contribution in [-0.4, -0.2) is 35.5 Å². The molecule has 0 radical (unpaired) electrons. The first-order valence-corrected chi connectivity index (χ1v) is 8.68. The second-order valence-corrected chi connectivity index (χ2v) is 6.26. The Morgan fingerprint density at radius 3 is 2.56 bits per heavy atom. The lowest BCUT2D eigenvalue weighted by Crippen LogP contribution is -2.53. The van der Waals surface area contributed by atoms with Crippen LogP contribution in [0.5, 0.6) is 5.75 Å². The fraction of sp³-hybridized carbons (Fsp3) is 0.0952. The number of ether oxygens (including phenoxy) is 1. The first kappa shape index (κ1) is 18.5. The standard InChI is InChI=1S/C21H18N2O3S/c1-3-11-23-20(25)18(19(24)22-21(23)27)13-14-5-4-6-16(12-14)15-7-9-17(26-2)10-8-15/h3-10,12-13H,1,11H2,2H3,(H,22,24,27). The summed E-state index contributed by atoms with van der Waals surface area (Å²) < 4.78 is 5.18. The van der Waals surface area contributed by atoms with E-state index in [-0.39, 0.29) is 17.2 Å². The number of amides is 2. The Labute approximate surface area is 162 Å². The van der Waals surface area contributed by atoms with Crippen LogP contribution in [0.25, 0.3) is 17.2 Å². The molecule has 1 saturated heterocycles. The van der Waals surface area contributed by atoms with E-state index in [9.17, 15) is 9.59 Å². The molecule has 2 amide bonds. The van der Waals surface area contributed by atoms with E-state index in [1.807, 2.05) is 48.5 Å². The maximum Gasteiger partial charge on any atom is 0.265 e. The molecule has 1 aliphatic rings. The predicted octanol–water partition coefficient (Wildman–Crippen LogP) is 3.17. The van der Waals surface area contributed by atoms with Crippen LogP contribution >= 0.6 is 12.2 Å². The third-order valence-electron chi connectivity index (χ3n) is 4.12. The van der Waals surface area contributed by atoms with Gasteiger partial charge in [-0.1, -0.05) is 36.4 Å². The predicted molar refractivity (Wildman–Crippen MR) is 109 cm³/mol. The Hall–Kier alpha value is -3.25. The molecule has 5 nitrogen and oxygen atoms in total. The molecule has 0 saturated carbocycles. The summed E-state index contributed by atoms with van der Waals surface area (Å²) in [6.07, 6.45) is 3.13. The maximum atomic E-state index is 12.6. The van der Waals surface area contributed by atoms with E-state index in [1.165, 1.54) is 4.90 Å². The number of nitrogens with zero attached hydrogens (tertiary/aromatic N) is 1. The molecule has 1 fully saturated rings. The molecule has 1 N–H and O–H groups in total. The average molecular weight is 378 g/mol. The Kier molecular flexibility index (Phi) is 5.47. The van der Waals surface area contributed by atoms with Crippen molar-refractivity contribution in [3.8, 4) is 16.9 Å². The van der Waals surface area contributed by atoms with Crippen LogP contribution in [0.3, 0.4) is 0 Å². The molecule has 0 aliphatic carbocycles. The summed E-state index contributed by atoms with van der Waals surface area (Å²) in [4.78, 5) is 26.2. The highest BCUT2D eigenvalue weighted by atomic mass is 32.1. The highest BCUT2D eigenvalue weighted by molar-refractivity contribution is 7.80. The van der Waals surface area contributed by atoms with E-state index in [4.69, 9.17) is 17.0 Å². The first-order valence-electron chi connectivity index (χ1n) is 8.27. The molecular formula is C21H18N2O3S. The quantitative estimate of drug-likeness (QED) is 0.376. The summed E-state index contributed by atoms with van der Waals surface area (Å²) in [5.74, 6) is -0.154. The summed E-state index contributed by atoms with van der Waals surface area (Å²) in [6.45, 7) is 3.85. The summed E-state index contributed by atoms with van der Waals surface area (Å²) in [6, 6.07) is 15.3. The summed E-state index contributed by atoms with van der Waals surface area (Å²) in [7, 11) is 1.62. The van der Waals surface area contributed by atoms with E-state index in [2.05, 4.69) is 11.9 Å². The zero-order valence-electron chi connectivity index (χ0n) is 14.8. The third-order valence-corrected chi connectivity index (χ3v) is 4.44. The normalized spacial score (nSPS) is 15.7. The van der Waals surface area contributed by atoms with Crippen LogP contribution in [0.1, 0.15) is 5.56 Å². The SMILES string of the molecule is C=CCN1C(=O)C(=Cc2cccc(-c3ccc(OC)cc3)c2)C(=O)NC1=S. The van der Waals surface area contributed by atoms with Gasteiger partial charge in [0.05, 0.1) is 7.11 Å². The van der Waals surface area contributed by atoms with Gasteiger partial charge in [0.25, 0.3) is 11.8 Å². The number of nitrogens with one attached hydrogen (secondary N) is 1. The van der Waals surface area contributed by atoms with Gasteiger partial charge in [0, 0.05) is 6.54 Å². The number of rotatable bonds is 5. The number of carbonyl (C=O) groups excluding carboxylic acids is 2. The fourth-order valence-electron chi connectivity index (χ4n) is 2.75. The number of methoxy groups -OCH3 is 1. The average Bonchev–Trinajstić information content (AvgIpc) is 2.69. The molecule has 0 atom stereocenters. The van der Waals surface area contributed by atoms with Gasteiger partial charge < -0.3 is 4.74 Å². The van der Waals surface area contributed by atoms with Gasteiger partial charge in [-0.15, -0.1) is 6.58 Å². The topological polar surface area (TPSA) is 58.6 Å². The number of hydrogen-bond acceptors (Lipinski definition) is 4. The van der Waals surface area contributed by atoms with Crippen molar-refractivity contribution in [2.75, 3.05) is 13.7 Å². The Morgan fingerprint density at radius 2 is 1.89 bits per heavy atom. The summed E-state index contributed by atoms with van der Waals surface area (Å²) >= 11 is 5.06. The number of benzene rings is 2. The van der Waals surface area contributed by atoms with Gasteiger partial charge in [-0.05, 0) is 53.2 Å². The van der Waals surface area contributed by atoms with Gasteiger partial charge in [-0.25, -0.2) is 0 Å². The molecule has 0 aromatic heterocycles. The van der Waals surface area contributed by atoms with Gasteiger partial charge in [-0.3, -0.25) is 19.8 Å². The van der Waals surface area contributed by atoms with Crippen molar-refractivity contribution in [2.45, 2.75) is 0 Å². The van der Waals surface area contributed by atoms with Crippen LogP contribution in [-0.2, 0) is 9.59 Å². The van der Waals surface area contributed by atoms with Crippen molar-refractivity contribution in [1.29, 1.82) is 0 Å². The minimum atomic E-state index is -0.500. The molecule has 136 valence electrons. The summed E-state index contributed by atoms with van der Waals surface area (Å²) in [5, 5.41) is 2.63. The van der Waals surface area contributed by atoms with Crippen molar-refractivity contribution in [1.82, 2.24) is 10.2 Å². The Morgan fingerprint density at radius 1 is 1.15 bits per heavy atom. The van der Waals surface area contributed by atoms with Crippen molar-refractivity contribution in [3.63, 3.8) is 0 Å². The van der Waals surface area contributed by atoms with Crippen molar-refractivity contribution in [3.05, 3.63) is 72.3 Å².